The summed E-state index contributed by atoms with van der Waals surface area (Å²) < 4.78 is 6.61. The van der Waals surface area contributed by atoms with Crippen LogP contribution in [0.2, 0.25) is 0 Å². The molecule has 0 fully saturated rings. The molecule has 0 saturated carbocycles. The predicted octanol–water partition coefficient (Wildman–Crippen LogP) is 1.35. The zero-order valence-corrected chi connectivity index (χ0v) is 11.6. The number of anilines is 1. The molecule has 1 heterocycles. The molecule has 0 unspecified atom stereocenters. The van der Waals surface area contributed by atoms with E-state index in [0.717, 1.165) is 0 Å². The van der Waals surface area contributed by atoms with Gasteiger partial charge in [-0.3, -0.25) is 4.79 Å². The molecule has 0 aliphatic carbocycles. The zero-order valence-electron chi connectivity index (χ0n) is 11.6. The molecule has 0 aliphatic rings. The molecule has 0 saturated heterocycles. The van der Waals surface area contributed by atoms with Crippen molar-refractivity contribution in [3.05, 3.63) is 28.7 Å². The van der Waals surface area contributed by atoms with Crippen LogP contribution in [0.5, 0.6) is 0 Å². The van der Waals surface area contributed by atoms with Crippen LogP contribution in [0.3, 0.4) is 0 Å². The van der Waals surface area contributed by atoms with E-state index in [-0.39, 0.29) is 11.2 Å². The zero-order chi connectivity index (χ0) is 14.5. The van der Waals surface area contributed by atoms with Gasteiger partial charge < -0.3 is 20.4 Å². The van der Waals surface area contributed by atoms with Gasteiger partial charge in [-0.25, -0.2) is 4.79 Å². The number of rotatable bonds is 4. The van der Waals surface area contributed by atoms with Gasteiger partial charge in [0.2, 0.25) is 0 Å². The number of hydrogen-bond acceptors (Lipinski definition) is 4. The predicted molar refractivity (Wildman–Crippen MR) is 74.0 cm³/mol. The Morgan fingerprint density at radius 2 is 2.16 bits per heavy atom. The Balaban J connectivity index is 2.34. The summed E-state index contributed by atoms with van der Waals surface area (Å²) in [6.07, 6.45) is 1.85. The van der Waals surface area contributed by atoms with E-state index >= 15 is 0 Å². The van der Waals surface area contributed by atoms with Crippen molar-refractivity contribution in [2.45, 2.75) is 39.3 Å². The number of carbonyl (C=O) groups is 1. The minimum absolute atomic E-state index is 0.209. The summed E-state index contributed by atoms with van der Waals surface area (Å²) >= 11 is 0. The SMILES string of the molecule is CC(C)(C)OC(=O)NCCCn1cccc(N)c1=O. The first-order valence-electron chi connectivity index (χ1n) is 6.21. The molecule has 6 heteroatoms. The van der Waals surface area contributed by atoms with E-state index < -0.39 is 11.7 Å². The van der Waals surface area contributed by atoms with Crippen molar-refractivity contribution in [1.82, 2.24) is 9.88 Å². The Bertz CT molecular complexity index is 489. The number of nitrogens with one attached hydrogen (secondary N) is 1. The number of carbonyl (C=O) groups excluding carboxylic acids is 1. The molecule has 1 aromatic rings. The highest BCUT2D eigenvalue weighted by molar-refractivity contribution is 5.67. The van der Waals surface area contributed by atoms with Crippen molar-refractivity contribution >= 4 is 11.8 Å². The largest absolute Gasteiger partial charge is 0.444 e. The van der Waals surface area contributed by atoms with E-state index in [2.05, 4.69) is 5.32 Å². The lowest BCUT2D eigenvalue weighted by Crippen LogP contribution is -2.33. The maximum Gasteiger partial charge on any atom is 0.407 e. The van der Waals surface area contributed by atoms with Crippen molar-refractivity contribution in [3.8, 4) is 0 Å². The van der Waals surface area contributed by atoms with Gasteiger partial charge in [-0.05, 0) is 39.3 Å². The van der Waals surface area contributed by atoms with E-state index in [0.29, 0.717) is 19.5 Å². The van der Waals surface area contributed by atoms with E-state index in [4.69, 9.17) is 10.5 Å². The first-order valence-corrected chi connectivity index (χ1v) is 6.21. The Labute approximate surface area is 112 Å². The molecule has 6 nitrogen and oxygen atoms in total. The molecule has 0 radical (unpaired) electrons. The topological polar surface area (TPSA) is 86.3 Å². The van der Waals surface area contributed by atoms with Crippen LogP contribution in [0, 0.1) is 0 Å². The second-order valence-corrected chi connectivity index (χ2v) is 5.24. The van der Waals surface area contributed by atoms with Gasteiger partial charge in [0.1, 0.15) is 5.60 Å². The average Bonchev–Trinajstić information content (AvgIpc) is 2.27. The first kappa shape index (κ1) is 15.1. The number of ether oxygens (including phenoxy) is 1. The third kappa shape index (κ3) is 5.46. The minimum atomic E-state index is -0.505. The van der Waals surface area contributed by atoms with Crippen LogP contribution in [0.4, 0.5) is 10.5 Å². The fourth-order valence-electron chi connectivity index (χ4n) is 1.49. The van der Waals surface area contributed by atoms with Crippen LogP contribution in [0.25, 0.3) is 0 Å². The van der Waals surface area contributed by atoms with Gasteiger partial charge in [0.05, 0.1) is 5.69 Å². The van der Waals surface area contributed by atoms with Gasteiger partial charge >= 0.3 is 6.09 Å². The van der Waals surface area contributed by atoms with Crippen molar-refractivity contribution in [1.29, 1.82) is 0 Å². The van der Waals surface area contributed by atoms with Crippen LogP contribution in [0.15, 0.2) is 23.1 Å². The average molecular weight is 267 g/mol. The Morgan fingerprint density at radius 1 is 1.47 bits per heavy atom. The quantitative estimate of drug-likeness (QED) is 0.806. The fourth-order valence-corrected chi connectivity index (χ4v) is 1.49. The molecule has 0 spiro atoms. The first-order chi connectivity index (χ1) is 8.79. The van der Waals surface area contributed by atoms with Gasteiger partial charge in [0, 0.05) is 19.3 Å². The second-order valence-electron chi connectivity index (χ2n) is 5.24. The van der Waals surface area contributed by atoms with Gasteiger partial charge in [-0.2, -0.15) is 0 Å². The monoisotopic (exact) mass is 267 g/mol. The molecule has 1 amide bonds. The van der Waals surface area contributed by atoms with Gasteiger partial charge in [-0.1, -0.05) is 0 Å². The smallest absolute Gasteiger partial charge is 0.407 e. The Morgan fingerprint density at radius 3 is 2.79 bits per heavy atom. The highest BCUT2D eigenvalue weighted by atomic mass is 16.6. The molecule has 1 aromatic heterocycles. The summed E-state index contributed by atoms with van der Waals surface area (Å²) in [6.45, 7) is 6.35. The van der Waals surface area contributed by atoms with Crippen molar-refractivity contribution in [3.63, 3.8) is 0 Å². The molecule has 0 atom stereocenters. The van der Waals surface area contributed by atoms with Crippen molar-refractivity contribution in [2.75, 3.05) is 12.3 Å². The van der Waals surface area contributed by atoms with Crippen molar-refractivity contribution in [2.24, 2.45) is 0 Å². The number of alkyl carbamates (subject to hydrolysis) is 1. The van der Waals surface area contributed by atoms with Gasteiger partial charge in [0.15, 0.2) is 0 Å². The number of nitrogens with two attached hydrogens (primary N) is 1. The summed E-state index contributed by atoms with van der Waals surface area (Å²) in [6, 6.07) is 3.29. The maximum atomic E-state index is 11.6. The number of aryl methyl sites for hydroxylation is 1. The number of pyridine rings is 1. The van der Waals surface area contributed by atoms with Crippen LogP contribution in [0.1, 0.15) is 27.2 Å². The molecule has 0 aromatic carbocycles. The molecule has 3 N–H and O–H groups in total. The molecule has 0 bridgehead atoms. The fraction of sp³-hybridized carbons (Fsp3) is 0.538. The maximum absolute atomic E-state index is 11.6. The highest BCUT2D eigenvalue weighted by Gasteiger charge is 2.15. The normalized spacial score (nSPS) is 11.1. The van der Waals surface area contributed by atoms with Gasteiger partial charge in [-0.15, -0.1) is 0 Å². The van der Waals surface area contributed by atoms with Crippen LogP contribution < -0.4 is 16.6 Å². The van der Waals surface area contributed by atoms with E-state index in [1.165, 1.54) is 4.57 Å². The lowest BCUT2D eigenvalue weighted by atomic mass is 10.2. The summed E-state index contributed by atoms with van der Waals surface area (Å²) in [5.74, 6) is 0. The lowest BCUT2D eigenvalue weighted by Gasteiger charge is -2.19. The van der Waals surface area contributed by atoms with Gasteiger partial charge in [0.25, 0.3) is 5.56 Å². The second kappa shape index (κ2) is 6.26. The third-order valence-corrected chi connectivity index (χ3v) is 2.29. The lowest BCUT2D eigenvalue weighted by molar-refractivity contribution is 0.0526. The molecular weight excluding hydrogens is 246 g/mol. The van der Waals surface area contributed by atoms with E-state index in [9.17, 15) is 9.59 Å². The molecular formula is C13H21N3O3. The van der Waals surface area contributed by atoms with Crippen LogP contribution in [-0.4, -0.2) is 22.8 Å². The standard InChI is InChI=1S/C13H21N3O3/c1-13(2,3)19-12(18)15-7-5-9-16-8-4-6-10(14)11(16)17/h4,6,8H,5,7,9,14H2,1-3H3,(H,15,18). The molecule has 106 valence electrons. The minimum Gasteiger partial charge on any atom is -0.444 e. The molecule has 19 heavy (non-hydrogen) atoms. The number of amides is 1. The summed E-state index contributed by atoms with van der Waals surface area (Å²) in [5, 5.41) is 2.64. The molecule has 0 aliphatic heterocycles. The van der Waals surface area contributed by atoms with E-state index in [1.807, 2.05) is 0 Å². The summed E-state index contributed by atoms with van der Waals surface area (Å²) in [5.41, 5.74) is 5.03. The number of aromatic nitrogens is 1. The summed E-state index contributed by atoms with van der Waals surface area (Å²) in [7, 11) is 0. The number of nitrogens with zero attached hydrogens (tertiary/aromatic N) is 1. The summed E-state index contributed by atoms with van der Waals surface area (Å²) in [4.78, 5) is 23.0. The number of hydrogen-bond donors (Lipinski definition) is 2. The van der Waals surface area contributed by atoms with E-state index in [1.54, 1.807) is 39.1 Å². The highest BCUT2D eigenvalue weighted by Crippen LogP contribution is 2.06. The molecule has 1 rings (SSSR count). The van der Waals surface area contributed by atoms with Crippen molar-refractivity contribution < 1.29 is 9.53 Å². The number of nitrogen functional groups attached to an aromatic ring is 1. The Hall–Kier alpha value is -1.98. The van der Waals surface area contributed by atoms with Crippen LogP contribution in [-0.2, 0) is 11.3 Å². The third-order valence-electron chi connectivity index (χ3n) is 2.29. The Kier molecular flexibility index (Phi) is 4.97. The van der Waals surface area contributed by atoms with Crippen LogP contribution >= 0.6 is 0 Å².